The van der Waals surface area contributed by atoms with Gasteiger partial charge in [-0.25, -0.2) is 4.39 Å². The molecule has 0 radical (unpaired) electrons. The Morgan fingerprint density at radius 1 is 1.35 bits per heavy atom. The molecule has 1 saturated carbocycles. The number of nitrogens with one attached hydrogen (secondary N) is 1. The van der Waals surface area contributed by atoms with Crippen molar-refractivity contribution in [3.63, 3.8) is 0 Å². The summed E-state index contributed by atoms with van der Waals surface area (Å²) in [7, 11) is 1.85. The molecule has 4 heteroatoms. The lowest BCUT2D eigenvalue weighted by molar-refractivity contribution is 0.408. The van der Waals surface area contributed by atoms with Crippen LogP contribution in [0.5, 0.6) is 0 Å². The summed E-state index contributed by atoms with van der Waals surface area (Å²) in [6, 6.07) is 4.56. The quantitative estimate of drug-likeness (QED) is 0.885. The zero-order valence-corrected chi connectivity index (χ0v) is 9.47. The summed E-state index contributed by atoms with van der Waals surface area (Å²) in [6.45, 7) is 0. The zero-order chi connectivity index (χ0) is 12.0. The third kappa shape index (κ3) is 1.72. The van der Waals surface area contributed by atoms with Crippen molar-refractivity contribution in [2.75, 3.05) is 7.05 Å². The molecule has 3 rings (SSSR count). The topological polar surface area (TPSA) is 25.2 Å². The van der Waals surface area contributed by atoms with Crippen LogP contribution < -0.4 is 5.32 Å². The Kier molecular flexibility index (Phi) is 2.40. The second-order valence-electron chi connectivity index (χ2n) is 4.53. The highest BCUT2D eigenvalue weighted by molar-refractivity contribution is 5.78. The molecular formula is C13H13F2NO. The summed E-state index contributed by atoms with van der Waals surface area (Å²) in [6.07, 6.45) is 2.30. The van der Waals surface area contributed by atoms with Gasteiger partial charge in [0.05, 0.1) is 6.04 Å². The molecule has 1 N–H and O–H groups in total. The fourth-order valence-corrected chi connectivity index (χ4v) is 2.26. The van der Waals surface area contributed by atoms with Gasteiger partial charge in [0.15, 0.2) is 11.4 Å². The molecule has 90 valence electrons. The molecule has 1 unspecified atom stereocenters. The van der Waals surface area contributed by atoms with Crippen LogP contribution in [0.3, 0.4) is 0 Å². The fourth-order valence-electron chi connectivity index (χ4n) is 2.26. The molecule has 1 atom stereocenters. The van der Waals surface area contributed by atoms with Gasteiger partial charge in [-0.2, -0.15) is 4.39 Å². The highest BCUT2D eigenvalue weighted by Crippen LogP contribution is 2.42. The van der Waals surface area contributed by atoms with E-state index in [1.165, 1.54) is 0 Å². The van der Waals surface area contributed by atoms with Crippen LogP contribution in [-0.2, 0) is 0 Å². The largest absolute Gasteiger partial charge is 0.456 e. The molecule has 1 aromatic carbocycles. The number of fused-ring (bicyclic) bond motifs is 1. The summed E-state index contributed by atoms with van der Waals surface area (Å²) in [4.78, 5) is 0. The van der Waals surface area contributed by atoms with Crippen molar-refractivity contribution >= 4 is 11.0 Å². The smallest absolute Gasteiger partial charge is 0.201 e. The van der Waals surface area contributed by atoms with E-state index in [-0.39, 0.29) is 11.6 Å². The minimum Gasteiger partial charge on any atom is -0.456 e. The van der Waals surface area contributed by atoms with Crippen molar-refractivity contribution < 1.29 is 13.2 Å². The summed E-state index contributed by atoms with van der Waals surface area (Å²) in [5.41, 5.74) is 0.0147. The second kappa shape index (κ2) is 3.81. The predicted molar refractivity (Wildman–Crippen MR) is 60.7 cm³/mol. The van der Waals surface area contributed by atoms with Crippen LogP contribution in [0, 0.1) is 17.6 Å². The highest BCUT2D eigenvalue weighted by atomic mass is 19.2. The third-order valence-electron chi connectivity index (χ3n) is 3.31. The van der Waals surface area contributed by atoms with Crippen molar-refractivity contribution in [3.8, 4) is 0 Å². The number of hydrogen-bond acceptors (Lipinski definition) is 2. The van der Waals surface area contributed by atoms with Gasteiger partial charge in [0.25, 0.3) is 0 Å². The Morgan fingerprint density at radius 3 is 2.76 bits per heavy atom. The molecule has 0 spiro atoms. The van der Waals surface area contributed by atoms with Gasteiger partial charge >= 0.3 is 0 Å². The Hall–Kier alpha value is -1.42. The van der Waals surface area contributed by atoms with Crippen LogP contribution in [0.1, 0.15) is 24.6 Å². The normalized spacial score (nSPS) is 17.6. The summed E-state index contributed by atoms with van der Waals surface area (Å²) in [5.74, 6) is -0.534. The van der Waals surface area contributed by atoms with Crippen molar-refractivity contribution in [2.24, 2.45) is 5.92 Å². The number of rotatable bonds is 3. The summed E-state index contributed by atoms with van der Waals surface area (Å²) < 4.78 is 32.0. The highest BCUT2D eigenvalue weighted by Gasteiger charge is 2.33. The van der Waals surface area contributed by atoms with Gasteiger partial charge < -0.3 is 9.73 Å². The van der Waals surface area contributed by atoms with Crippen LogP contribution in [0.4, 0.5) is 8.78 Å². The first-order valence-electron chi connectivity index (χ1n) is 5.75. The SMILES string of the molecule is CNC(c1cc2ccc(F)c(F)c2o1)C1CC1. The molecule has 0 bridgehead atoms. The maximum Gasteiger partial charge on any atom is 0.201 e. The predicted octanol–water partition coefficient (Wildman–Crippen LogP) is 3.38. The Balaban J connectivity index is 2.09. The van der Waals surface area contributed by atoms with E-state index in [0.717, 1.165) is 18.9 Å². The lowest BCUT2D eigenvalue weighted by Crippen LogP contribution is -2.17. The number of halogens is 2. The Labute approximate surface area is 97.6 Å². The molecule has 1 aliphatic rings. The van der Waals surface area contributed by atoms with Gasteiger partial charge in [0.2, 0.25) is 5.82 Å². The maximum atomic E-state index is 13.5. The number of furan rings is 1. The van der Waals surface area contributed by atoms with Crippen LogP contribution in [0.25, 0.3) is 11.0 Å². The molecule has 1 aliphatic carbocycles. The summed E-state index contributed by atoms with van der Waals surface area (Å²) >= 11 is 0. The zero-order valence-electron chi connectivity index (χ0n) is 9.47. The molecule has 2 aromatic rings. The van der Waals surface area contributed by atoms with E-state index in [4.69, 9.17) is 4.42 Å². The minimum absolute atomic E-state index is 0.0147. The first kappa shape index (κ1) is 10.7. The molecule has 1 fully saturated rings. The lowest BCUT2D eigenvalue weighted by atomic mass is 10.1. The van der Waals surface area contributed by atoms with E-state index in [9.17, 15) is 8.78 Å². The van der Waals surface area contributed by atoms with E-state index in [0.29, 0.717) is 17.1 Å². The van der Waals surface area contributed by atoms with E-state index in [1.54, 1.807) is 12.1 Å². The van der Waals surface area contributed by atoms with E-state index < -0.39 is 11.6 Å². The van der Waals surface area contributed by atoms with E-state index in [1.807, 2.05) is 7.05 Å². The number of benzene rings is 1. The van der Waals surface area contributed by atoms with Gasteiger partial charge in [0.1, 0.15) is 5.76 Å². The van der Waals surface area contributed by atoms with Crippen molar-refractivity contribution in [3.05, 3.63) is 35.6 Å². The Morgan fingerprint density at radius 2 is 2.12 bits per heavy atom. The van der Waals surface area contributed by atoms with E-state index in [2.05, 4.69) is 5.32 Å². The maximum absolute atomic E-state index is 13.5. The first-order valence-corrected chi connectivity index (χ1v) is 5.75. The van der Waals surface area contributed by atoms with Crippen molar-refractivity contribution in [1.82, 2.24) is 5.32 Å². The standard InChI is InChI=1S/C13H13F2NO/c1-16-12(7-2-3-7)10-6-8-4-5-9(14)11(15)13(8)17-10/h4-7,12,16H,2-3H2,1H3. The van der Waals surface area contributed by atoms with Gasteiger partial charge in [-0.05, 0) is 44.0 Å². The lowest BCUT2D eigenvalue weighted by Gasteiger charge is -2.11. The van der Waals surface area contributed by atoms with Gasteiger partial charge in [-0.3, -0.25) is 0 Å². The van der Waals surface area contributed by atoms with Gasteiger partial charge in [0, 0.05) is 5.39 Å². The van der Waals surface area contributed by atoms with Crippen LogP contribution in [-0.4, -0.2) is 7.05 Å². The van der Waals surface area contributed by atoms with Crippen molar-refractivity contribution in [2.45, 2.75) is 18.9 Å². The average Bonchev–Trinajstić information content (AvgIpc) is 3.05. The fraction of sp³-hybridized carbons (Fsp3) is 0.385. The minimum atomic E-state index is -0.903. The molecular weight excluding hydrogens is 224 g/mol. The van der Waals surface area contributed by atoms with Gasteiger partial charge in [-0.1, -0.05) is 0 Å². The molecule has 2 nitrogen and oxygen atoms in total. The molecule has 0 saturated heterocycles. The van der Waals surface area contributed by atoms with Crippen LogP contribution in [0.15, 0.2) is 22.6 Å². The van der Waals surface area contributed by atoms with Crippen molar-refractivity contribution in [1.29, 1.82) is 0 Å². The molecule has 0 amide bonds. The Bertz CT molecular complexity index is 560. The molecule has 0 aliphatic heterocycles. The molecule has 17 heavy (non-hydrogen) atoms. The number of hydrogen-bond donors (Lipinski definition) is 1. The first-order chi connectivity index (χ1) is 8.20. The second-order valence-corrected chi connectivity index (χ2v) is 4.53. The monoisotopic (exact) mass is 237 g/mol. The van der Waals surface area contributed by atoms with Crippen LogP contribution in [0.2, 0.25) is 0 Å². The molecule has 1 heterocycles. The molecule has 1 aromatic heterocycles. The van der Waals surface area contributed by atoms with Crippen LogP contribution >= 0.6 is 0 Å². The summed E-state index contributed by atoms with van der Waals surface area (Å²) in [5, 5.41) is 3.78. The van der Waals surface area contributed by atoms with Gasteiger partial charge in [-0.15, -0.1) is 0 Å². The average molecular weight is 237 g/mol. The van der Waals surface area contributed by atoms with E-state index >= 15 is 0 Å². The third-order valence-corrected chi connectivity index (χ3v) is 3.31.